The molecule has 1 nitrogen and oxygen atoms in total. The zero-order valence-corrected chi connectivity index (χ0v) is 12.4. The third kappa shape index (κ3) is 3.01. The molecule has 0 spiro atoms. The van der Waals surface area contributed by atoms with Crippen LogP contribution in [0.15, 0.2) is 60.7 Å². The van der Waals surface area contributed by atoms with E-state index in [1.54, 1.807) is 12.1 Å². The molecular formula is C18H15ClFN. The Morgan fingerprint density at radius 1 is 0.952 bits per heavy atom. The lowest BCUT2D eigenvalue weighted by molar-refractivity contribution is 0.627. The van der Waals surface area contributed by atoms with E-state index in [-0.39, 0.29) is 11.1 Å². The molecule has 0 bridgehead atoms. The smallest absolute Gasteiger partial charge is 0.141 e. The van der Waals surface area contributed by atoms with Crippen molar-refractivity contribution in [3.63, 3.8) is 0 Å². The summed E-state index contributed by atoms with van der Waals surface area (Å²) in [5, 5.41) is 5.96. The number of nitrogens with one attached hydrogen (secondary N) is 1. The minimum absolute atomic E-state index is 0.0456. The van der Waals surface area contributed by atoms with Crippen LogP contribution in [0, 0.1) is 5.82 Å². The summed E-state index contributed by atoms with van der Waals surface area (Å²) in [6.45, 7) is 2.03. The third-order valence-electron chi connectivity index (χ3n) is 3.58. The number of anilines is 1. The van der Waals surface area contributed by atoms with Gasteiger partial charge in [-0.2, -0.15) is 0 Å². The van der Waals surface area contributed by atoms with Gasteiger partial charge in [-0.25, -0.2) is 4.39 Å². The molecule has 3 aromatic carbocycles. The molecule has 0 aliphatic carbocycles. The molecule has 0 aliphatic heterocycles. The van der Waals surface area contributed by atoms with Crippen molar-refractivity contribution in [3.8, 4) is 0 Å². The van der Waals surface area contributed by atoms with E-state index in [0.717, 1.165) is 11.3 Å². The van der Waals surface area contributed by atoms with Crippen molar-refractivity contribution in [2.75, 3.05) is 5.32 Å². The molecule has 0 amide bonds. The van der Waals surface area contributed by atoms with Gasteiger partial charge in [0.1, 0.15) is 5.82 Å². The van der Waals surface area contributed by atoms with Crippen LogP contribution in [-0.2, 0) is 0 Å². The van der Waals surface area contributed by atoms with Crippen molar-refractivity contribution in [1.29, 1.82) is 0 Å². The average Bonchev–Trinajstić information content (AvgIpc) is 2.50. The topological polar surface area (TPSA) is 12.0 Å². The van der Waals surface area contributed by atoms with Crippen LogP contribution >= 0.6 is 11.6 Å². The fourth-order valence-electron chi connectivity index (χ4n) is 2.39. The van der Waals surface area contributed by atoms with Gasteiger partial charge in [0.05, 0.1) is 5.02 Å². The van der Waals surface area contributed by atoms with Crippen LogP contribution in [0.5, 0.6) is 0 Å². The zero-order valence-electron chi connectivity index (χ0n) is 11.6. The van der Waals surface area contributed by atoms with E-state index in [4.69, 9.17) is 11.6 Å². The average molecular weight is 300 g/mol. The predicted molar refractivity (Wildman–Crippen MR) is 87.4 cm³/mol. The van der Waals surface area contributed by atoms with Crippen LogP contribution < -0.4 is 5.32 Å². The van der Waals surface area contributed by atoms with Crippen LogP contribution in [0.4, 0.5) is 10.1 Å². The maximum atomic E-state index is 13.2. The first-order valence-electron chi connectivity index (χ1n) is 6.84. The fraction of sp³-hybridized carbons (Fsp3) is 0.111. The van der Waals surface area contributed by atoms with Crippen LogP contribution in [0.25, 0.3) is 10.8 Å². The van der Waals surface area contributed by atoms with Gasteiger partial charge < -0.3 is 5.32 Å². The normalized spacial score (nSPS) is 12.3. The molecule has 1 N–H and O–H groups in total. The highest BCUT2D eigenvalue weighted by molar-refractivity contribution is 6.30. The largest absolute Gasteiger partial charge is 0.379 e. The molecule has 1 atom stereocenters. The minimum Gasteiger partial charge on any atom is -0.379 e. The highest BCUT2D eigenvalue weighted by Crippen LogP contribution is 2.25. The van der Waals surface area contributed by atoms with E-state index >= 15 is 0 Å². The van der Waals surface area contributed by atoms with Crippen molar-refractivity contribution in [3.05, 3.63) is 77.1 Å². The lowest BCUT2D eigenvalue weighted by atomic mass is 10.1. The summed E-state index contributed by atoms with van der Waals surface area (Å²) in [4.78, 5) is 0. The van der Waals surface area contributed by atoms with Crippen LogP contribution in [-0.4, -0.2) is 0 Å². The number of fused-ring (bicyclic) bond motifs is 1. The molecule has 3 aromatic rings. The molecule has 21 heavy (non-hydrogen) atoms. The van der Waals surface area contributed by atoms with Gasteiger partial charge in [0, 0.05) is 11.7 Å². The minimum atomic E-state index is -0.390. The van der Waals surface area contributed by atoms with Gasteiger partial charge in [-0.15, -0.1) is 0 Å². The van der Waals surface area contributed by atoms with Crippen LogP contribution in [0.1, 0.15) is 18.5 Å². The number of halogens is 2. The number of rotatable bonds is 3. The van der Waals surface area contributed by atoms with E-state index in [9.17, 15) is 4.39 Å². The van der Waals surface area contributed by atoms with Gasteiger partial charge in [0.15, 0.2) is 0 Å². The van der Waals surface area contributed by atoms with E-state index in [0.29, 0.717) is 0 Å². The summed E-state index contributed by atoms with van der Waals surface area (Å²) in [5.74, 6) is -0.390. The third-order valence-corrected chi connectivity index (χ3v) is 3.87. The molecule has 3 heteroatoms. The summed E-state index contributed by atoms with van der Waals surface area (Å²) in [5.41, 5.74) is 1.98. The van der Waals surface area contributed by atoms with Crippen molar-refractivity contribution in [1.82, 2.24) is 0 Å². The summed E-state index contributed by atoms with van der Waals surface area (Å²) >= 11 is 5.84. The van der Waals surface area contributed by atoms with Crippen molar-refractivity contribution in [2.45, 2.75) is 13.0 Å². The highest BCUT2D eigenvalue weighted by Gasteiger charge is 2.08. The zero-order chi connectivity index (χ0) is 14.8. The second-order valence-corrected chi connectivity index (χ2v) is 5.51. The number of hydrogen-bond acceptors (Lipinski definition) is 1. The molecular weight excluding hydrogens is 285 g/mol. The molecule has 1 unspecified atom stereocenters. The summed E-state index contributed by atoms with van der Waals surface area (Å²) in [6.07, 6.45) is 0. The van der Waals surface area contributed by atoms with E-state index in [2.05, 4.69) is 29.6 Å². The summed E-state index contributed by atoms with van der Waals surface area (Å²) < 4.78 is 13.2. The second-order valence-electron chi connectivity index (χ2n) is 5.10. The number of benzene rings is 3. The summed E-state index contributed by atoms with van der Waals surface area (Å²) in [6, 6.07) is 19.3. The predicted octanol–water partition coefficient (Wildman–Crippen LogP) is 5.81. The maximum absolute atomic E-state index is 13.2. The Kier molecular flexibility index (Phi) is 3.80. The number of hydrogen-bond donors (Lipinski definition) is 1. The van der Waals surface area contributed by atoms with Gasteiger partial charge in [-0.1, -0.05) is 48.0 Å². The highest BCUT2D eigenvalue weighted by atomic mass is 35.5. The quantitative estimate of drug-likeness (QED) is 0.644. The molecule has 0 aliphatic rings. The Labute approximate surface area is 128 Å². The molecule has 106 valence electrons. The van der Waals surface area contributed by atoms with Gasteiger partial charge in [-0.05, 0) is 47.5 Å². The van der Waals surface area contributed by atoms with Crippen LogP contribution in [0.2, 0.25) is 5.02 Å². The summed E-state index contributed by atoms with van der Waals surface area (Å²) in [7, 11) is 0. The molecule has 0 saturated heterocycles. The van der Waals surface area contributed by atoms with E-state index in [1.165, 1.54) is 16.8 Å². The van der Waals surface area contributed by atoms with Gasteiger partial charge in [0.25, 0.3) is 0 Å². The Balaban J connectivity index is 1.85. The first-order chi connectivity index (χ1) is 10.1. The van der Waals surface area contributed by atoms with E-state index < -0.39 is 5.82 Å². The molecule has 0 radical (unpaired) electrons. The Bertz CT molecular complexity index is 785. The lowest BCUT2D eigenvalue weighted by Crippen LogP contribution is -2.06. The molecule has 0 saturated carbocycles. The Morgan fingerprint density at radius 3 is 2.48 bits per heavy atom. The van der Waals surface area contributed by atoms with E-state index in [1.807, 2.05) is 25.1 Å². The SMILES string of the molecule is CC(Nc1ccc2ccccc2c1)c1ccc(F)c(Cl)c1. The van der Waals surface area contributed by atoms with Gasteiger partial charge in [0.2, 0.25) is 0 Å². The molecule has 0 heterocycles. The second kappa shape index (κ2) is 5.74. The molecule has 0 aromatic heterocycles. The Morgan fingerprint density at radius 2 is 1.71 bits per heavy atom. The molecule has 3 rings (SSSR count). The fourth-order valence-corrected chi connectivity index (χ4v) is 2.58. The first-order valence-corrected chi connectivity index (χ1v) is 7.21. The van der Waals surface area contributed by atoms with Gasteiger partial charge in [-0.3, -0.25) is 0 Å². The monoisotopic (exact) mass is 299 g/mol. The standard InChI is InChI=1S/C18H15ClFN/c1-12(14-7-9-18(20)17(19)11-14)21-16-8-6-13-4-2-3-5-15(13)10-16/h2-12,21H,1H3. The van der Waals surface area contributed by atoms with Gasteiger partial charge >= 0.3 is 0 Å². The van der Waals surface area contributed by atoms with Crippen molar-refractivity contribution >= 4 is 28.1 Å². The first kappa shape index (κ1) is 13.9. The lowest BCUT2D eigenvalue weighted by Gasteiger charge is -2.16. The Hall–Kier alpha value is -2.06. The van der Waals surface area contributed by atoms with Crippen molar-refractivity contribution in [2.24, 2.45) is 0 Å². The van der Waals surface area contributed by atoms with Crippen LogP contribution in [0.3, 0.4) is 0 Å². The molecule has 0 fully saturated rings. The van der Waals surface area contributed by atoms with Crippen molar-refractivity contribution < 1.29 is 4.39 Å². The maximum Gasteiger partial charge on any atom is 0.141 e.